The maximum absolute atomic E-state index is 13.9. The SMILES string of the molecule is CN=C(NCCCN1C(=O)COc2ccccc21)N(C)Cc1ccc(OC)c(F)c1.I. The third-order valence-electron chi connectivity index (χ3n) is 4.86. The number of methoxy groups -OCH3 is 1. The molecular formula is C22H28FIN4O3. The molecule has 0 fully saturated rings. The van der Waals surface area contributed by atoms with E-state index in [1.165, 1.54) is 13.2 Å². The Labute approximate surface area is 199 Å². The largest absolute Gasteiger partial charge is 0.494 e. The number of nitrogens with one attached hydrogen (secondary N) is 1. The first kappa shape index (κ1) is 24.7. The summed E-state index contributed by atoms with van der Waals surface area (Å²) in [5.41, 5.74) is 1.62. The van der Waals surface area contributed by atoms with Crippen molar-refractivity contribution in [3.05, 3.63) is 53.8 Å². The van der Waals surface area contributed by atoms with Crippen LogP contribution in [0.15, 0.2) is 47.5 Å². The summed E-state index contributed by atoms with van der Waals surface area (Å²) in [4.78, 5) is 20.2. The Balaban J connectivity index is 0.00000341. The van der Waals surface area contributed by atoms with Crippen LogP contribution in [0.3, 0.4) is 0 Å². The standard InChI is InChI=1S/C22H27FN4O3.HI/c1-24-22(26(2)14-16-9-10-19(29-3)17(23)13-16)25-11-6-12-27-18-7-4-5-8-20(18)30-15-21(27)28;/h4-5,7-10,13H,6,11-12,14-15H2,1-3H3,(H,24,25);1H. The van der Waals surface area contributed by atoms with Crippen LogP contribution in [0.4, 0.5) is 10.1 Å². The molecule has 1 amide bonds. The van der Waals surface area contributed by atoms with Gasteiger partial charge in [0.05, 0.1) is 12.8 Å². The van der Waals surface area contributed by atoms with Crippen LogP contribution in [0.25, 0.3) is 0 Å². The molecule has 1 heterocycles. The number of hydrogen-bond acceptors (Lipinski definition) is 4. The van der Waals surface area contributed by atoms with Crippen molar-refractivity contribution in [3.8, 4) is 11.5 Å². The quantitative estimate of drug-likeness (QED) is 0.252. The van der Waals surface area contributed by atoms with Crippen molar-refractivity contribution in [1.29, 1.82) is 0 Å². The number of carbonyl (C=O) groups excluding carboxylic acids is 1. The van der Waals surface area contributed by atoms with E-state index >= 15 is 0 Å². The van der Waals surface area contributed by atoms with Gasteiger partial charge in [-0.2, -0.15) is 0 Å². The molecule has 9 heteroatoms. The molecule has 0 unspecified atom stereocenters. The number of nitrogens with zero attached hydrogens (tertiary/aromatic N) is 3. The molecule has 0 aromatic heterocycles. The molecule has 168 valence electrons. The fraction of sp³-hybridized carbons (Fsp3) is 0.364. The fourth-order valence-corrected chi connectivity index (χ4v) is 3.38. The molecule has 0 saturated heterocycles. The van der Waals surface area contributed by atoms with Gasteiger partial charge in [0.1, 0.15) is 5.75 Å². The zero-order valence-electron chi connectivity index (χ0n) is 17.9. The highest BCUT2D eigenvalue weighted by Crippen LogP contribution is 2.31. The van der Waals surface area contributed by atoms with Gasteiger partial charge in [-0.25, -0.2) is 4.39 Å². The number of fused-ring (bicyclic) bond motifs is 1. The normalized spacial score (nSPS) is 13.1. The molecule has 1 N–H and O–H groups in total. The third-order valence-corrected chi connectivity index (χ3v) is 4.86. The molecule has 0 saturated carbocycles. The minimum atomic E-state index is -0.387. The average molecular weight is 542 g/mol. The van der Waals surface area contributed by atoms with Gasteiger partial charge in [0.15, 0.2) is 24.1 Å². The Morgan fingerprint density at radius 2 is 2.10 bits per heavy atom. The lowest BCUT2D eigenvalue weighted by Gasteiger charge is -2.29. The molecular weight excluding hydrogens is 514 g/mol. The molecule has 7 nitrogen and oxygen atoms in total. The number of anilines is 1. The van der Waals surface area contributed by atoms with Crippen LogP contribution >= 0.6 is 24.0 Å². The maximum atomic E-state index is 13.9. The summed E-state index contributed by atoms with van der Waals surface area (Å²) in [5, 5.41) is 3.29. The van der Waals surface area contributed by atoms with Crippen LogP contribution in [0.1, 0.15) is 12.0 Å². The monoisotopic (exact) mass is 542 g/mol. The van der Waals surface area contributed by atoms with Crippen molar-refractivity contribution >= 4 is 41.5 Å². The van der Waals surface area contributed by atoms with Crippen molar-refractivity contribution in [1.82, 2.24) is 10.2 Å². The minimum absolute atomic E-state index is 0. The van der Waals surface area contributed by atoms with Gasteiger partial charge in [0, 0.05) is 33.7 Å². The second kappa shape index (κ2) is 11.7. The lowest BCUT2D eigenvalue weighted by Crippen LogP contribution is -2.42. The van der Waals surface area contributed by atoms with Crippen LogP contribution in [-0.4, -0.2) is 57.7 Å². The number of rotatable bonds is 7. The molecule has 3 rings (SSSR count). The average Bonchev–Trinajstić information content (AvgIpc) is 2.75. The molecule has 0 spiro atoms. The van der Waals surface area contributed by atoms with E-state index < -0.39 is 0 Å². The summed E-state index contributed by atoms with van der Waals surface area (Å²) in [6.07, 6.45) is 0.740. The van der Waals surface area contributed by atoms with Crippen molar-refractivity contribution in [2.24, 2.45) is 4.99 Å². The van der Waals surface area contributed by atoms with Gasteiger partial charge in [-0.3, -0.25) is 9.79 Å². The van der Waals surface area contributed by atoms with Crippen LogP contribution in [-0.2, 0) is 11.3 Å². The first-order chi connectivity index (χ1) is 14.5. The fourth-order valence-electron chi connectivity index (χ4n) is 3.38. The maximum Gasteiger partial charge on any atom is 0.265 e. The van der Waals surface area contributed by atoms with E-state index in [9.17, 15) is 9.18 Å². The highest BCUT2D eigenvalue weighted by Gasteiger charge is 2.24. The van der Waals surface area contributed by atoms with E-state index in [4.69, 9.17) is 9.47 Å². The number of hydrogen-bond donors (Lipinski definition) is 1. The number of aliphatic imine (C=N–C) groups is 1. The van der Waals surface area contributed by atoms with Crippen molar-refractivity contribution in [2.75, 3.05) is 45.8 Å². The van der Waals surface area contributed by atoms with E-state index in [0.717, 1.165) is 23.4 Å². The van der Waals surface area contributed by atoms with Crippen molar-refractivity contribution in [3.63, 3.8) is 0 Å². The molecule has 1 aliphatic heterocycles. The second-order valence-electron chi connectivity index (χ2n) is 6.95. The Morgan fingerprint density at radius 3 is 2.81 bits per heavy atom. The van der Waals surface area contributed by atoms with Gasteiger partial charge in [-0.05, 0) is 36.2 Å². The van der Waals surface area contributed by atoms with Gasteiger partial charge in [0.2, 0.25) is 0 Å². The lowest BCUT2D eigenvalue weighted by molar-refractivity contribution is -0.121. The third kappa shape index (κ3) is 6.22. The molecule has 2 aromatic rings. The molecule has 0 atom stereocenters. The number of ether oxygens (including phenoxy) is 2. The Bertz CT molecular complexity index is 925. The topological polar surface area (TPSA) is 66.4 Å². The molecule has 2 aromatic carbocycles. The van der Waals surface area contributed by atoms with E-state index in [2.05, 4.69) is 10.3 Å². The van der Waals surface area contributed by atoms with Gasteiger partial charge in [-0.1, -0.05) is 18.2 Å². The van der Waals surface area contributed by atoms with Crippen LogP contribution in [0.2, 0.25) is 0 Å². The second-order valence-corrected chi connectivity index (χ2v) is 6.95. The highest BCUT2D eigenvalue weighted by atomic mass is 127. The molecule has 0 aliphatic carbocycles. The number of amides is 1. The van der Waals surface area contributed by atoms with Crippen LogP contribution in [0.5, 0.6) is 11.5 Å². The molecule has 0 radical (unpaired) electrons. The van der Waals surface area contributed by atoms with Gasteiger partial charge < -0.3 is 24.6 Å². The van der Waals surface area contributed by atoms with Gasteiger partial charge >= 0.3 is 0 Å². The number of benzene rings is 2. The van der Waals surface area contributed by atoms with E-state index in [0.29, 0.717) is 25.6 Å². The van der Waals surface area contributed by atoms with Crippen molar-refractivity contribution in [2.45, 2.75) is 13.0 Å². The molecule has 1 aliphatic rings. The predicted octanol–water partition coefficient (Wildman–Crippen LogP) is 3.28. The zero-order valence-corrected chi connectivity index (χ0v) is 20.3. The van der Waals surface area contributed by atoms with Gasteiger partial charge in [0.25, 0.3) is 5.91 Å². The Morgan fingerprint density at radius 1 is 1.32 bits per heavy atom. The lowest BCUT2D eigenvalue weighted by atomic mass is 10.2. The Hall–Kier alpha value is -2.56. The number of carbonyl (C=O) groups is 1. The summed E-state index contributed by atoms with van der Waals surface area (Å²) in [7, 11) is 5.04. The summed E-state index contributed by atoms with van der Waals surface area (Å²) in [6, 6.07) is 12.4. The summed E-state index contributed by atoms with van der Waals surface area (Å²) in [5.74, 6) is 1.22. The summed E-state index contributed by atoms with van der Waals surface area (Å²) >= 11 is 0. The first-order valence-corrected chi connectivity index (χ1v) is 9.80. The number of para-hydroxylation sites is 2. The van der Waals surface area contributed by atoms with Crippen LogP contribution < -0.4 is 19.7 Å². The van der Waals surface area contributed by atoms with Gasteiger partial charge in [-0.15, -0.1) is 24.0 Å². The predicted molar refractivity (Wildman–Crippen MR) is 130 cm³/mol. The van der Waals surface area contributed by atoms with E-state index in [1.807, 2.05) is 42.3 Å². The molecule has 0 bridgehead atoms. The molecule has 31 heavy (non-hydrogen) atoms. The van der Waals surface area contributed by atoms with Crippen LogP contribution in [0, 0.1) is 5.82 Å². The smallest absolute Gasteiger partial charge is 0.265 e. The highest BCUT2D eigenvalue weighted by molar-refractivity contribution is 14.0. The summed E-state index contributed by atoms with van der Waals surface area (Å²) in [6.45, 7) is 1.78. The van der Waals surface area contributed by atoms with E-state index in [-0.39, 0.29) is 48.1 Å². The summed E-state index contributed by atoms with van der Waals surface area (Å²) < 4.78 is 24.3. The first-order valence-electron chi connectivity index (χ1n) is 9.80. The zero-order chi connectivity index (χ0) is 21.5. The number of guanidine groups is 1. The Kier molecular flexibility index (Phi) is 9.35. The van der Waals surface area contributed by atoms with Crippen molar-refractivity contribution < 1.29 is 18.7 Å². The number of halogens is 2. The minimum Gasteiger partial charge on any atom is -0.494 e. The van der Waals surface area contributed by atoms with E-state index in [1.54, 1.807) is 18.0 Å².